The van der Waals surface area contributed by atoms with Gasteiger partial charge in [0.2, 0.25) is 5.95 Å². The SMILES string of the molecule is O=[N+]([O-])c1cccc(/C=N/Nc2nc(-c3ccccc3)cc(-c3ccc(Br)cc3)n2)c1. The Hall–Kier alpha value is -3.91. The van der Waals surface area contributed by atoms with E-state index in [4.69, 9.17) is 0 Å². The molecular formula is C23H16BrN5O2. The molecule has 31 heavy (non-hydrogen) atoms. The molecule has 0 fully saturated rings. The van der Waals surface area contributed by atoms with Crippen molar-refractivity contribution in [2.45, 2.75) is 0 Å². The topological polar surface area (TPSA) is 93.3 Å². The summed E-state index contributed by atoms with van der Waals surface area (Å²) in [5.41, 5.74) is 6.82. The minimum absolute atomic E-state index is 0.00352. The molecule has 0 bridgehead atoms. The number of aromatic nitrogens is 2. The van der Waals surface area contributed by atoms with Gasteiger partial charge in [0.1, 0.15) is 0 Å². The molecule has 0 amide bonds. The highest BCUT2D eigenvalue weighted by Crippen LogP contribution is 2.26. The minimum Gasteiger partial charge on any atom is -0.258 e. The molecule has 0 aliphatic carbocycles. The van der Waals surface area contributed by atoms with Crippen molar-refractivity contribution < 1.29 is 4.92 Å². The first-order chi connectivity index (χ1) is 15.1. The van der Waals surface area contributed by atoms with E-state index in [0.717, 1.165) is 27.0 Å². The molecule has 1 heterocycles. The van der Waals surface area contributed by atoms with Crippen molar-refractivity contribution in [1.29, 1.82) is 0 Å². The van der Waals surface area contributed by atoms with E-state index in [9.17, 15) is 10.1 Å². The summed E-state index contributed by atoms with van der Waals surface area (Å²) in [6.45, 7) is 0. The van der Waals surface area contributed by atoms with Crippen LogP contribution in [0.5, 0.6) is 0 Å². The first-order valence-corrected chi connectivity index (χ1v) is 10.1. The van der Waals surface area contributed by atoms with Gasteiger partial charge in [0.15, 0.2) is 0 Å². The van der Waals surface area contributed by atoms with E-state index in [0.29, 0.717) is 11.5 Å². The number of benzene rings is 3. The number of hydrazone groups is 1. The molecule has 0 aliphatic heterocycles. The van der Waals surface area contributed by atoms with Gasteiger partial charge in [-0.2, -0.15) is 5.10 Å². The Labute approximate surface area is 186 Å². The standard InChI is InChI=1S/C23H16BrN5O2/c24-19-11-9-18(10-12-19)22-14-21(17-6-2-1-3-7-17)26-23(27-22)28-25-15-16-5-4-8-20(13-16)29(30)31/h1-15H,(H,26,27,28)/b25-15+. The largest absolute Gasteiger partial charge is 0.270 e. The van der Waals surface area contributed by atoms with Crippen molar-refractivity contribution in [2.75, 3.05) is 5.43 Å². The van der Waals surface area contributed by atoms with Crippen molar-refractivity contribution in [3.05, 3.63) is 105 Å². The monoisotopic (exact) mass is 473 g/mol. The summed E-state index contributed by atoms with van der Waals surface area (Å²) in [5.74, 6) is 0.320. The van der Waals surface area contributed by atoms with Crippen LogP contribution in [0.4, 0.5) is 11.6 Å². The number of rotatable bonds is 6. The van der Waals surface area contributed by atoms with Gasteiger partial charge in [0, 0.05) is 33.3 Å². The molecule has 0 radical (unpaired) electrons. The fourth-order valence-electron chi connectivity index (χ4n) is 2.91. The average Bonchev–Trinajstić information content (AvgIpc) is 2.80. The van der Waals surface area contributed by atoms with Crippen molar-refractivity contribution >= 4 is 33.8 Å². The lowest BCUT2D eigenvalue weighted by Gasteiger charge is -2.08. The average molecular weight is 474 g/mol. The van der Waals surface area contributed by atoms with Gasteiger partial charge in [0.25, 0.3) is 5.69 Å². The third-order valence-electron chi connectivity index (χ3n) is 4.39. The fraction of sp³-hybridized carbons (Fsp3) is 0. The van der Waals surface area contributed by atoms with Crippen molar-refractivity contribution in [3.8, 4) is 22.5 Å². The summed E-state index contributed by atoms with van der Waals surface area (Å²) in [5, 5.41) is 15.1. The molecule has 8 heteroatoms. The summed E-state index contributed by atoms with van der Waals surface area (Å²) in [4.78, 5) is 19.6. The van der Waals surface area contributed by atoms with Gasteiger partial charge in [-0.05, 0) is 18.2 Å². The second-order valence-corrected chi connectivity index (χ2v) is 7.47. The maximum Gasteiger partial charge on any atom is 0.270 e. The molecule has 0 saturated carbocycles. The lowest BCUT2D eigenvalue weighted by Crippen LogP contribution is -2.00. The zero-order valence-corrected chi connectivity index (χ0v) is 17.7. The van der Waals surface area contributed by atoms with E-state index in [-0.39, 0.29) is 5.69 Å². The Balaban J connectivity index is 1.66. The highest BCUT2D eigenvalue weighted by atomic mass is 79.9. The predicted octanol–water partition coefficient (Wildman–Crippen LogP) is 5.93. The van der Waals surface area contributed by atoms with Crippen molar-refractivity contribution in [1.82, 2.24) is 9.97 Å². The van der Waals surface area contributed by atoms with Crippen LogP contribution in [-0.4, -0.2) is 21.1 Å². The number of halogens is 1. The summed E-state index contributed by atoms with van der Waals surface area (Å²) < 4.78 is 0.980. The van der Waals surface area contributed by atoms with Gasteiger partial charge in [-0.25, -0.2) is 15.4 Å². The second kappa shape index (κ2) is 9.27. The number of nitro benzene ring substituents is 1. The first-order valence-electron chi connectivity index (χ1n) is 9.32. The van der Waals surface area contributed by atoms with Crippen LogP contribution in [0.3, 0.4) is 0 Å². The maximum atomic E-state index is 10.9. The number of anilines is 1. The molecule has 0 saturated heterocycles. The predicted molar refractivity (Wildman–Crippen MR) is 125 cm³/mol. The van der Waals surface area contributed by atoms with Crippen LogP contribution >= 0.6 is 15.9 Å². The van der Waals surface area contributed by atoms with E-state index >= 15 is 0 Å². The van der Waals surface area contributed by atoms with Crippen LogP contribution in [0.1, 0.15) is 5.56 Å². The highest BCUT2D eigenvalue weighted by Gasteiger charge is 2.09. The van der Waals surface area contributed by atoms with E-state index in [2.05, 4.69) is 36.4 Å². The van der Waals surface area contributed by atoms with Crippen LogP contribution in [0.15, 0.2) is 94.5 Å². The number of non-ortho nitro benzene ring substituents is 1. The fourth-order valence-corrected chi connectivity index (χ4v) is 3.17. The van der Waals surface area contributed by atoms with Gasteiger partial charge in [-0.3, -0.25) is 10.1 Å². The number of nitro groups is 1. The van der Waals surface area contributed by atoms with Crippen molar-refractivity contribution in [2.24, 2.45) is 5.10 Å². The molecule has 0 atom stereocenters. The number of hydrogen-bond donors (Lipinski definition) is 1. The zero-order valence-electron chi connectivity index (χ0n) is 16.1. The lowest BCUT2D eigenvalue weighted by atomic mass is 10.1. The molecule has 3 aromatic carbocycles. The quantitative estimate of drug-likeness (QED) is 0.213. The summed E-state index contributed by atoms with van der Waals surface area (Å²) >= 11 is 3.45. The Kier molecular flexibility index (Phi) is 6.09. The number of nitrogens with zero attached hydrogens (tertiary/aromatic N) is 4. The highest BCUT2D eigenvalue weighted by molar-refractivity contribution is 9.10. The van der Waals surface area contributed by atoms with Crippen LogP contribution in [0.25, 0.3) is 22.5 Å². The van der Waals surface area contributed by atoms with E-state index in [1.54, 1.807) is 12.1 Å². The molecule has 0 aliphatic rings. The molecule has 4 aromatic rings. The van der Waals surface area contributed by atoms with Crippen LogP contribution in [-0.2, 0) is 0 Å². The molecule has 1 N–H and O–H groups in total. The maximum absolute atomic E-state index is 10.9. The van der Waals surface area contributed by atoms with Crippen molar-refractivity contribution in [3.63, 3.8) is 0 Å². The van der Waals surface area contributed by atoms with Crippen LogP contribution < -0.4 is 5.43 Å². The molecule has 7 nitrogen and oxygen atoms in total. The molecular weight excluding hydrogens is 458 g/mol. The smallest absolute Gasteiger partial charge is 0.258 e. The van der Waals surface area contributed by atoms with Crippen LogP contribution in [0.2, 0.25) is 0 Å². The van der Waals surface area contributed by atoms with E-state index in [1.807, 2.05) is 60.7 Å². The van der Waals surface area contributed by atoms with Gasteiger partial charge >= 0.3 is 0 Å². The normalized spacial score (nSPS) is 10.9. The van der Waals surface area contributed by atoms with E-state index < -0.39 is 4.92 Å². The van der Waals surface area contributed by atoms with Gasteiger partial charge in [-0.1, -0.05) is 70.5 Å². The Bertz CT molecular complexity index is 1240. The Morgan fingerprint density at radius 3 is 2.23 bits per heavy atom. The molecule has 1 aromatic heterocycles. The third kappa shape index (κ3) is 5.18. The Morgan fingerprint density at radius 1 is 0.871 bits per heavy atom. The van der Waals surface area contributed by atoms with Crippen LogP contribution in [0, 0.1) is 10.1 Å². The lowest BCUT2D eigenvalue weighted by molar-refractivity contribution is -0.384. The van der Waals surface area contributed by atoms with E-state index in [1.165, 1.54) is 18.3 Å². The molecule has 152 valence electrons. The zero-order chi connectivity index (χ0) is 21.6. The summed E-state index contributed by atoms with van der Waals surface area (Å²) in [6.07, 6.45) is 1.49. The summed E-state index contributed by atoms with van der Waals surface area (Å²) in [7, 11) is 0. The minimum atomic E-state index is -0.443. The number of nitrogens with one attached hydrogen (secondary N) is 1. The second-order valence-electron chi connectivity index (χ2n) is 6.56. The first kappa shape index (κ1) is 20.4. The van der Waals surface area contributed by atoms with Gasteiger partial charge < -0.3 is 0 Å². The summed E-state index contributed by atoms with van der Waals surface area (Å²) in [6, 6.07) is 25.8. The third-order valence-corrected chi connectivity index (χ3v) is 4.92. The van der Waals surface area contributed by atoms with Gasteiger partial charge in [0.05, 0.1) is 22.5 Å². The number of hydrogen-bond acceptors (Lipinski definition) is 6. The molecule has 4 rings (SSSR count). The molecule has 0 unspecified atom stereocenters. The molecule has 0 spiro atoms. The van der Waals surface area contributed by atoms with Gasteiger partial charge in [-0.15, -0.1) is 0 Å². The Morgan fingerprint density at radius 2 is 1.55 bits per heavy atom.